The van der Waals surface area contributed by atoms with Crippen molar-refractivity contribution in [3.8, 4) is 0 Å². The van der Waals surface area contributed by atoms with Gasteiger partial charge in [-0.15, -0.1) is 0 Å². The van der Waals surface area contributed by atoms with E-state index < -0.39 is 10.0 Å². The molecule has 0 saturated carbocycles. The van der Waals surface area contributed by atoms with E-state index in [2.05, 4.69) is 21.2 Å². The van der Waals surface area contributed by atoms with Gasteiger partial charge in [0.25, 0.3) is 0 Å². The van der Waals surface area contributed by atoms with Crippen LogP contribution in [0.5, 0.6) is 0 Å². The van der Waals surface area contributed by atoms with Crippen molar-refractivity contribution in [3.05, 3.63) is 58.3 Å². The minimum atomic E-state index is -3.74. The van der Waals surface area contributed by atoms with Crippen LogP contribution in [0.3, 0.4) is 0 Å². The molecule has 0 heterocycles. The quantitative estimate of drug-likeness (QED) is 0.863. The lowest BCUT2D eigenvalue weighted by molar-refractivity contribution is 0.597. The van der Waals surface area contributed by atoms with Gasteiger partial charge in [-0.25, -0.2) is 17.9 Å². The first kappa shape index (κ1) is 15.9. The molecule has 21 heavy (non-hydrogen) atoms. The smallest absolute Gasteiger partial charge is 0.238 e. The predicted molar refractivity (Wildman–Crippen MR) is 84.0 cm³/mol. The van der Waals surface area contributed by atoms with E-state index in [1.807, 2.05) is 13.0 Å². The molecule has 1 unspecified atom stereocenters. The molecular weight excluding hydrogens is 359 g/mol. The van der Waals surface area contributed by atoms with E-state index in [4.69, 9.17) is 5.14 Å². The first-order chi connectivity index (χ1) is 9.77. The Kier molecular flexibility index (Phi) is 4.65. The molecule has 1 atom stereocenters. The molecule has 0 spiro atoms. The largest absolute Gasteiger partial charge is 0.378 e. The van der Waals surface area contributed by atoms with Gasteiger partial charge in [-0.2, -0.15) is 0 Å². The summed E-state index contributed by atoms with van der Waals surface area (Å²) in [6, 6.07) is 10.6. The fourth-order valence-corrected chi connectivity index (χ4v) is 3.07. The summed E-state index contributed by atoms with van der Waals surface area (Å²) in [7, 11) is -3.74. The normalized spacial score (nSPS) is 13.0. The number of nitrogens with one attached hydrogen (secondary N) is 1. The Morgan fingerprint density at radius 2 is 1.95 bits per heavy atom. The van der Waals surface area contributed by atoms with Crippen LogP contribution in [0.2, 0.25) is 0 Å². The molecule has 0 saturated heterocycles. The molecule has 0 radical (unpaired) electrons. The lowest BCUT2D eigenvalue weighted by atomic mass is 10.1. The maximum absolute atomic E-state index is 13.2. The Labute approximate surface area is 131 Å². The first-order valence-electron chi connectivity index (χ1n) is 6.12. The summed E-state index contributed by atoms with van der Waals surface area (Å²) < 4.78 is 36.3. The molecule has 0 aliphatic heterocycles. The summed E-state index contributed by atoms with van der Waals surface area (Å²) in [6.45, 7) is 1.88. The van der Waals surface area contributed by atoms with Crippen LogP contribution in [-0.2, 0) is 10.0 Å². The van der Waals surface area contributed by atoms with Gasteiger partial charge in [0.05, 0.1) is 4.90 Å². The number of benzene rings is 2. The molecule has 7 heteroatoms. The van der Waals surface area contributed by atoms with Crippen LogP contribution < -0.4 is 10.5 Å². The lowest BCUT2D eigenvalue weighted by Crippen LogP contribution is -2.13. The molecule has 2 aromatic rings. The molecule has 0 fully saturated rings. The van der Waals surface area contributed by atoms with Crippen molar-refractivity contribution in [3.63, 3.8) is 0 Å². The maximum Gasteiger partial charge on any atom is 0.238 e. The Morgan fingerprint density at radius 3 is 2.52 bits per heavy atom. The molecule has 0 aromatic heterocycles. The molecule has 3 N–H and O–H groups in total. The minimum Gasteiger partial charge on any atom is -0.378 e. The minimum absolute atomic E-state index is 0.0262. The van der Waals surface area contributed by atoms with E-state index in [0.717, 1.165) is 5.56 Å². The zero-order valence-electron chi connectivity index (χ0n) is 11.2. The number of rotatable bonds is 4. The van der Waals surface area contributed by atoms with Gasteiger partial charge in [-0.1, -0.05) is 12.1 Å². The predicted octanol–water partition coefficient (Wildman–Crippen LogP) is 3.41. The van der Waals surface area contributed by atoms with E-state index in [-0.39, 0.29) is 16.8 Å². The highest BCUT2D eigenvalue weighted by Gasteiger charge is 2.12. The van der Waals surface area contributed by atoms with Crippen LogP contribution >= 0.6 is 15.9 Å². The average molecular weight is 373 g/mol. The van der Waals surface area contributed by atoms with Crippen LogP contribution in [0.15, 0.2) is 51.8 Å². The summed E-state index contributed by atoms with van der Waals surface area (Å²) in [5.74, 6) is -0.301. The van der Waals surface area contributed by atoms with Crippen LogP contribution in [-0.4, -0.2) is 8.42 Å². The van der Waals surface area contributed by atoms with Gasteiger partial charge in [-0.3, -0.25) is 0 Å². The summed E-state index contributed by atoms with van der Waals surface area (Å²) >= 11 is 3.30. The number of anilines is 1. The second-order valence-corrected chi connectivity index (χ2v) is 7.02. The van der Waals surface area contributed by atoms with Crippen molar-refractivity contribution in [2.75, 3.05) is 5.32 Å². The van der Waals surface area contributed by atoms with Gasteiger partial charge in [0.2, 0.25) is 10.0 Å². The van der Waals surface area contributed by atoms with E-state index in [1.54, 1.807) is 12.1 Å². The Bertz CT molecular complexity index is 765. The Morgan fingerprint density at radius 1 is 1.24 bits per heavy atom. The third-order valence-electron chi connectivity index (χ3n) is 2.99. The first-order valence-corrected chi connectivity index (χ1v) is 8.45. The van der Waals surface area contributed by atoms with E-state index in [0.29, 0.717) is 10.2 Å². The molecule has 0 amide bonds. The average Bonchev–Trinajstić information content (AvgIpc) is 2.39. The standard InChI is InChI=1S/C14H14BrFN2O2S/c1-9(10-3-2-4-11(16)7-10)18-14-6-5-12(8-13(14)15)21(17,19)20/h2-9,18H,1H3,(H2,17,19,20). The molecule has 0 aliphatic carbocycles. The SMILES string of the molecule is CC(Nc1ccc(S(N)(=O)=O)cc1Br)c1cccc(F)c1. The highest BCUT2D eigenvalue weighted by molar-refractivity contribution is 9.10. The Balaban J connectivity index is 2.24. The molecule has 2 aromatic carbocycles. The number of primary sulfonamides is 1. The summed E-state index contributed by atoms with van der Waals surface area (Å²) in [4.78, 5) is 0.0262. The van der Waals surface area contributed by atoms with E-state index in [1.165, 1.54) is 24.3 Å². The molecule has 4 nitrogen and oxygen atoms in total. The van der Waals surface area contributed by atoms with Gasteiger partial charge in [0.15, 0.2) is 0 Å². The highest BCUT2D eigenvalue weighted by atomic mass is 79.9. The van der Waals surface area contributed by atoms with E-state index in [9.17, 15) is 12.8 Å². The van der Waals surface area contributed by atoms with Crippen molar-refractivity contribution in [1.82, 2.24) is 0 Å². The summed E-state index contributed by atoms with van der Waals surface area (Å²) in [6.07, 6.45) is 0. The lowest BCUT2D eigenvalue weighted by Gasteiger charge is -2.17. The van der Waals surface area contributed by atoms with Crippen LogP contribution in [0, 0.1) is 5.82 Å². The topological polar surface area (TPSA) is 72.2 Å². The van der Waals surface area contributed by atoms with Gasteiger partial charge < -0.3 is 5.32 Å². The monoisotopic (exact) mass is 372 g/mol. The summed E-state index contributed by atoms with van der Waals surface area (Å²) in [5, 5.41) is 8.26. The zero-order valence-corrected chi connectivity index (χ0v) is 13.6. The van der Waals surface area contributed by atoms with Crippen molar-refractivity contribution < 1.29 is 12.8 Å². The van der Waals surface area contributed by atoms with Gasteiger partial charge in [0, 0.05) is 16.2 Å². The summed E-state index contributed by atoms with van der Waals surface area (Å²) in [5.41, 5.74) is 1.48. The number of sulfonamides is 1. The number of hydrogen-bond donors (Lipinski definition) is 2. The van der Waals surface area contributed by atoms with Crippen molar-refractivity contribution in [2.45, 2.75) is 17.9 Å². The van der Waals surface area contributed by atoms with E-state index >= 15 is 0 Å². The van der Waals surface area contributed by atoms with Crippen molar-refractivity contribution >= 4 is 31.6 Å². The molecule has 0 aliphatic rings. The third-order valence-corrected chi connectivity index (χ3v) is 4.56. The van der Waals surface area contributed by atoms with Gasteiger partial charge >= 0.3 is 0 Å². The fourth-order valence-electron chi connectivity index (χ4n) is 1.88. The number of hydrogen-bond acceptors (Lipinski definition) is 3. The van der Waals surface area contributed by atoms with Crippen LogP contribution in [0.25, 0.3) is 0 Å². The van der Waals surface area contributed by atoms with Crippen LogP contribution in [0.1, 0.15) is 18.5 Å². The number of halogens is 2. The Hall–Kier alpha value is -1.44. The van der Waals surface area contributed by atoms with Crippen molar-refractivity contribution in [2.24, 2.45) is 5.14 Å². The highest BCUT2D eigenvalue weighted by Crippen LogP contribution is 2.28. The second kappa shape index (κ2) is 6.13. The number of nitrogens with two attached hydrogens (primary N) is 1. The second-order valence-electron chi connectivity index (χ2n) is 4.61. The van der Waals surface area contributed by atoms with Crippen LogP contribution in [0.4, 0.5) is 10.1 Å². The van der Waals surface area contributed by atoms with Gasteiger partial charge in [-0.05, 0) is 58.7 Å². The zero-order chi connectivity index (χ0) is 15.6. The molecule has 112 valence electrons. The van der Waals surface area contributed by atoms with Gasteiger partial charge in [0.1, 0.15) is 5.82 Å². The fraction of sp³-hybridized carbons (Fsp3) is 0.143. The maximum atomic E-state index is 13.2. The molecular formula is C14H14BrFN2O2S. The third kappa shape index (κ3) is 4.03. The molecule has 2 rings (SSSR count). The molecule has 0 bridgehead atoms. The van der Waals surface area contributed by atoms with Crippen molar-refractivity contribution in [1.29, 1.82) is 0 Å².